The van der Waals surface area contributed by atoms with Crippen LogP contribution >= 0.6 is 0 Å². The third-order valence-corrected chi connectivity index (χ3v) is 25.6. The Morgan fingerprint density at radius 1 is 0.482 bits per heavy atom. The molecule has 1 N–H and O–H groups in total. The molecule has 0 unspecified atom stereocenters. The summed E-state index contributed by atoms with van der Waals surface area (Å²) in [5.41, 5.74) is 6.32. The van der Waals surface area contributed by atoms with E-state index in [2.05, 4.69) is 161 Å². The molecule has 0 amide bonds. The highest BCUT2D eigenvalue weighted by Gasteiger charge is 2.61. The van der Waals surface area contributed by atoms with Crippen molar-refractivity contribution in [2.75, 3.05) is 0 Å². The number of carbonyl (C=O) groups is 3. The number of aliphatic hydroxyl groups is 1. The molecule has 8 aromatic rings. The largest absolute Gasteiger partial charge is 0.462 e. The van der Waals surface area contributed by atoms with Crippen molar-refractivity contribution in [1.82, 2.24) is 0 Å². The maximum atomic E-state index is 13.9. The number of aliphatic hydroxyl groups excluding tert-OH is 1. The maximum absolute atomic E-state index is 13.9. The van der Waals surface area contributed by atoms with Gasteiger partial charge in [0, 0.05) is 25.2 Å². The molecule has 0 aromatic heterocycles. The van der Waals surface area contributed by atoms with E-state index in [1.165, 1.54) is 126 Å². The minimum atomic E-state index is -0.159. The average molecular weight is 1130 g/mol. The Morgan fingerprint density at radius 3 is 1.38 bits per heavy atom. The van der Waals surface area contributed by atoms with Crippen molar-refractivity contribution in [3.05, 3.63) is 168 Å². The molecule has 14 atom stereocenters. The summed E-state index contributed by atoms with van der Waals surface area (Å²) in [6.45, 7) is 11.4. The Balaban J connectivity index is 0.000000144. The van der Waals surface area contributed by atoms with Gasteiger partial charge in [0.25, 0.3) is 0 Å². The Kier molecular flexibility index (Phi) is 13.6. The van der Waals surface area contributed by atoms with Crippen LogP contribution in [-0.2, 0) is 32.0 Å². The first-order valence-electron chi connectivity index (χ1n) is 33.1. The highest BCUT2D eigenvalue weighted by Crippen LogP contribution is 2.68. The zero-order chi connectivity index (χ0) is 58.1. The first-order chi connectivity index (χ1) is 41.1. The Hall–Kier alpha value is -6.43. The lowest BCUT2D eigenvalue weighted by molar-refractivity contribution is -0.149. The SMILES string of the molecule is CC(=O)O[C@H]1CC[C@@]2(C)C(=CC[C@H]3[C@@H]4CC[C@H](C(=O)/C=C/Cc5ccc6ccc7cccc8ccc5c6c78)[C@@]4(C)CC[C@@H]32)C1.C[C@]12CC[C@H]3[C@@H](CC=C4C[C@@H](O)CC[C@@]43C)[C@@H]1CC[C@@H]2C(=O)/C=C/Cc1ccc2ccc3cccc4ccc1c2c34. The number of rotatable bonds is 9. The van der Waals surface area contributed by atoms with Gasteiger partial charge in [0.05, 0.1) is 6.10 Å². The second-order valence-corrected chi connectivity index (χ2v) is 29.4. The smallest absolute Gasteiger partial charge is 0.302 e. The Labute approximate surface area is 503 Å². The topological polar surface area (TPSA) is 80.7 Å². The molecule has 0 heterocycles. The fraction of sp³-hybridized carbons (Fsp3) is 0.463. The van der Waals surface area contributed by atoms with Crippen LogP contribution in [0.5, 0.6) is 0 Å². The number of carbonyl (C=O) groups excluding carboxylic acids is 3. The van der Waals surface area contributed by atoms with Gasteiger partial charge < -0.3 is 9.84 Å². The second kappa shape index (κ2) is 20.9. The molecule has 5 heteroatoms. The number of ether oxygens (including phenoxy) is 1. The van der Waals surface area contributed by atoms with Crippen molar-refractivity contribution in [2.24, 2.45) is 69.0 Å². The number of allylic oxidation sites excluding steroid dienone is 6. The molecule has 6 fully saturated rings. The van der Waals surface area contributed by atoms with Gasteiger partial charge in [0.2, 0.25) is 0 Å². The van der Waals surface area contributed by atoms with Crippen LogP contribution in [0.1, 0.15) is 148 Å². The number of benzene rings is 8. The molecule has 0 saturated heterocycles. The lowest BCUT2D eigenvalue weighted by Gasteiger charge is -2.58. The average Bonchev–Trinajstić information content (AvgIpc) is 2.20. The van der Waals surface area contributed by atoms with Gasteiger partial charge in [0.1, 0.15) is 6.10 Å². The molecule has 436 valence electrons. The van der Waals surface area contributed by atoms with Crippen molar-refractivity contribution in [3.63, 3.8) is 0 Å². The van der Waals surface area contributed by atoms with Crippen LogP contribution in [0.15, 0.2) is 157 Å². The fourth-order valence-electron chi connectivity index (χ4n) is 21.3. The third kappa shape index (κ3) is 8.86. The summed E-state index contributed by atoms with van der Waals surface area (Å²) in [4.78, 5) is 39.3. The first kappa shape index (κ1) is 55.2. The number of ketones is 2. The predicted molar refractivity (Wildman–Crippen MR) is 348 cm³/mol. The molecule has 0 radical (unpaired) electrons. The molecule has 85 heavy (non-hydrogen) atoms. The van der Waals surface area contributed by atoms with Gasteiger partial charge in [0.15, 0.2) is 11.6 Å². The van der Waals surface area contributed by atoms with E-state index < -0.39 is 0 Å². The van der Waals surface area contributed by atoms with Gasteiger partial charge in [-0.1, -0.05) is 172 Å². The molecule has 0 spiro atoms. The number of esters is 1. The molecule has 0 bridgehead atoms. The van der Waals surface area contributed by atoms with Crippen LogP contribution in [0.25, 0.3) is 64.6 Å². The van der Waals surface area contributed by atoms with E-state index in [9.17, 15) is 19.5 Å². The highest BCUT2D eigenvalue weighted by atomic mass is 16.5. The van der Waals surface area contributed by atoms with Crippen LogP contribution < -0.4 is 0 Å². The van der Waals surface area contributed by atoms with Gasteiger partial charge in [-0.15, -0.1) is 0 Å². The maximum Gasteiger partial charge on any atom is 0.302 e. The highest BCUT2D eigenvalue weighted by molar-refractivity contribution is 6.24. The van der Waals surface area contributed by atoms with E-state index in [0.29, 0.717) is 47.1 Å². The lowest BCUT2D eigenvalue weighted by Crippen LogP contribution is -2.51. The lowest BCUT2D eigenvalue weighted by atomic mass is 9.47. The molecule has 0 aliphatic heterocycles. The van der Waals surface area contributed by atoms with Crippen LogP contribution in [0.4, 0.5) is 0 Å². The summed E-state index contributed by atoms with van der Waals surface area (Å²) in [6, 6.07) is 40.0. The molecular weight excluding hydrogens is 1040 g/mol. The molecule has 5 nitrogen and oxygen atoms in total. The second-order valence-electron chi connectivity index (χ2n) is 29.4. The fourth-order valence-corrected chi connectivity index (χ4v) is 21.3. The summed E-state index contributed by atoms with van der Waals surface area (Å²) in [7, 11) is 0. The van der Waals surface area contributed by atoms with Crippen LogP contribution in [-0.4, -0.2) is 34.9 Å². The Morgan fingerprint density at radius 2 is 0.906 bits per heavy atom. The van der Waals surface area contributed by atoms with E-state index in [-0.39, 0.29) is 51.7 Å². The zero-order valence-electron chi connectivity index (χ0n) is 50.9. The summed E-state index contributed by atoms with van der Waals surface area (Å²) >= 11 is 0. The van der Waals surface area contributed by atoms with Gasteiger partial charge in [-0.3, -0.25) is 14.4 Å². The number of hydrogen-bond acceptors (Lipinski definition) is 5. The molecule has 8 aliphatic rings. The van der Waals surface area contributed by atoms with E-state index in [1.54, 1.807) is 0 Å². The summed E-state index contributed by atoms with van der Waals surface area (Å²) < 4.78 is 5.63. The van der Waals surface area contributed by atoms with E-state index in [4.69, 9.17) is 4.74 Å². The number of hydrogen-bond donors (Lipinski definition) is 1. The summed E-state index contributed by atoms with van der Waals surface area (Å²) in [5.74, 6) is 4.81. The minimum Gasteiger partial charge on any atom is -0.462 e. The van der Waals surface area contributed by atoms with E-state index >= 15 is 0 Å². The quantitative estimate of drug-likeness (QED) is 0.0674. The van der Waals surface area contributed by atoms with Crippen molar-refractivity contribution in [2.45, 2.75) is 162 Å². The Bertz CT molecular complexity index is 4070. The molecule has 16 rings (SSSR count). The minimum absolute atomic E-state index is 0.0406. The van der Waals surface area contributed by atoms with Crippen molar-refractivity contribution >= 4 is 82.2 Å². The zero-order valence-corrected chi connectivity index (χ0v) is 50.9. The summed E-state index contributed by atoms with van der Waals surface area (Å²) in [6.07, 6.45) is 32.0. The first-order valence-corrected chi connectivity index (χ1v) is 33.1. The molecule has 8 aliphatic carbocycles. The standard InChI is InChI=1S/C41H44O3.C39H42O2/c1-25(42)44-31-20-22-40(2)30(24-31)15-17-33-34-18-19-36(41(34,3)23-21-35(33)40)37(43)9-5-6-26-10-11-29-13-12-27-7-4-8-28-14-16-32(26)39(29)38(27)28;1-38-21-19-29(40)23-28(38)14-16-31-32-17-18-34(39(32,2)22-20-33(31)38)35(41)8-4-5-24-9-10-27-12-11-25-6-3-7-26-13-15-30(24)37(27)36(25)26/h4-5,7-16,31,33-36H,6,17-24H2,1-3H3;3-4,6-15,29,31-34,40H,5,16-23H2,1-2H3/b9-5+;8-4+/t31-,33-,34-,35-,36+,40-,41-;29-,31-,32-,33-,34+,38-,39-/m00/s1. The van der Waals surface area contributed by atoms with Crippen molar-refractivity contribution < 1.29 is 24.2 Å². The van der Waals surface area contributed by atoms with Gasteiger partial charge >= 0.3 is 5.97 Å². The van der Waals surface area contributed by atoms with Gasteiger partial charge in [-0.2, -0.15) is 0 Å². The number of fused-ring (bicyclic) bond motifs is 10. The summed E-state index contributed by atoms with van der Waals surface area (Å²) in [5, 5.41) is 26.1. The van der Waals surface area contributed by atoms with Crippen molar-refractivity contribution in [1.29, 1.82) is 0 Å². The molecule has 6 saturated carbocycles. The van der Waals surface area contributed by atoms with Crippen LogP contribution in [0.3, 0.4) is 0 Å². The van der Waals surface area contributed by atoms with E-state index in [0.717, 1.165) is 83.5 Å². The van der Waals surface area contributed by atoms with Crippen LogP contribution in [0, 0.1) is 69.0 Å². The van der Waals surface area contributed by atoms with Gasteiger partial charge in [-0.05, 0) is 254 Å². The predicted octanol–water partition coefficient (Wildman–Crippen LogP) is 19.0. The third-order valence-electron chi connectivity index (χ3n) is 25.6. The van der Waals surface area contributed by atoms with Crippen molar-refractivity contribution in [3.8, 4) is 0 Å². The van der Waals surface area contributed by atoms with Gasteiger partial charge in [-0.25, -0.2) is 0 Å². The normalized spacial score (nSPS) is 34.2. The molecule has 8 aromatic carbocycles. The van der Waals surface area contributed by atoms with E-state index in [1.807, 2.05) is 12.2 Å². The van der Waals surface area contributed by atoms with Crippen LogP contribution in [0.2, 0.25) is 0 Å². The molecular formula is C80H86O5. The monoisotopic (exact) mass is 1130 g/mol.